The van der Waals surface area contributed by atoms with E-state index >= 15 is 0 Å². The first-order valence-corrected chi connectivity index (χ1v) is 4.02. The molecule has 1 rings (SSSR count). The van der Waals surface area contributed by atoms with Gasteiger partial charge in [-0.1, -0.05) is 0 Å². The number of nitrogens with two attached hydrogens (primary N) is 1. The fourth-order valence-corrected chi connectivity index (χ4v) is 0.991. The second-order valence-corrected chi connectivity index (χ2v) is 2.65. The Hall–Kier alpha value is -2.02. The second-order valence-electron chi connectivity index (χ2n) is 2.65. The molecule has 1 heterocycles. The summed E-state index contributed by atoms with van der Waals surface area (Å²) in [6, 6.07) is 2.26. The molecule has 80 valence electrons. The molecule has 0 atom stereocenters. The van der Waals surface area contributed by atoms with Crippen LogP contribution in [0.15, 0.2) is 12.1 Å². The summed E-state index contributed by atoms with van der Waals surface area (Å²) in [5.74, 6) is -0.728. The molecule has 0 aliphatic rings. The van der Waals surface area contributed by atoms with Gasteiger partial charge in [0, 0.05) is 18.7 Å². The first-order valence-electron chi connectivity index (χ1n) is 4.02. The molecule has 0 aliphatic carbocycles. The van der Waals surface area contributed by atoms with Crippen LogP contribution in [0.1, 0.15) is 16.2 Å². The zero-order chi connectivity index (χ0) is 11.4. The highest BCUT2D eigenvalue weighted by Crippen LogP contribution is 2.14. The Labute approximate surface area is 85.0 Å². The van der Waals surface area contributed by atoms with Crippen molar-refractivity contribution in [1.29, 1.82) is 0 Å². The van der Waals surface area contributed by atoms with Crippen molar-refractivity contribution in [3.05, 3.63) is 33.6 Å². The average Bonchev–Trinajstić information content (AvgIpc) is 2.27. The standard InChI is InChI=1S/C8H9N3O4/c1-15-8(12)7-3-6(11(13)14)2-5(4-9)10-7/h2-3H,4,9H2,1H3. The third-order valence-corrected chi connectivity index (χ3v) is 1.68. The summed E-state index contributed by atoms with van der Waals surface area (Å²) >= 11 is 0. The topological polar surface area (TPSA) is 108 Å². The summed E-state index contributed by atoms with van der Waals surface area (Å²) in [6.45, 7) is 0.0195. The number of rotatable bonds is 3. The third-order valence-electron chi connectivity index (χ3n) is 1.68. The van der Waals surface area contributed by atoms with Crippen LogP contribution in [0.2, 0.25) is 0 Å². The first-order chi connectivity index (χ1) is 7.08. The van der Waals surface area contributed by atoms with Crippen LogP contribution in [0, 0.1) is 10.1 Å². The van der Waals surface area contributed by atoms with Crippen molar-refractivity contribution >= 4 is 11.7 Å². The Morgan fingerprint density at radius 2 is 2.33 bits per heavy atom. The van der Waals surface area contributed by atoms with Gasteiger partial charge in [0.2, 0.25) is 0 Å². The first kappa shape index (κ1) is 11.1. The SMILES string of the molecule is COC(=O)c1cc([N+](=O)[O-])cc(CN)n1. The molecule has 0 spiro atoms. The minimum atomic E-state index is -0.728. The minimum absolute atomic E-state index is 0.0195. The van der Waals surface area contributed by atoms with Crippen LogP contribution in [0.25, 0.3) is 0 Å². The van der Waals surface area contributed by atoms with Crippen molar-refractivity contribution in [3.8, 4) is 0 Å². The van der Waals surface area contributed by atoms with Crippen LogP contribution >= 0.6 is 0 Å². The van der Waals surface area contributed by atoms with Crippen molar-refractivity contribution < 1.29 is 14.5 Å². The molecule has 2 N–H and O–H groups in total. The summed E-state index contributed by atoms with van der Waals surface area (Å²) in [7, 11) is 1.17. The van der Waals surface area contributed by atoms with Crippen LogP contribution in [0.5, 0.6) is 0 Å². The van der Waals surface area contributed by atoms with Crippen molar-refractivity contribution in [1.82, 2.24) is 4.98 Å². The quantitative estimate of drug-likeness (QED) is 0.435. The molecule has 1 aromatic heterocycles. The molecular formula is C8H9N3O4. The smallest absolute Gasteiger partial charge is 0.356 e. The van der Waals surface area contributed by atoms with Crippen molar-refractivity contribution in [2.75, 3.05) is 7.11 Å². The zero-order valence-electron chi connectivity index (χ0n) is 7.97. The van der Waals surface area contributed by atoms with Crippen LogP contribution in [-0.4, -0.2) is 23.0 Å². The number of esters is 1. The van der Waals surface area contributed by atoms with E-state index in [0.29, 0.717) is 0 Å². The lowest BCUT2D eigenvalue weighted by Gasteiger charge is -2.01. The Balaban J connectivity index is 3.23. The van der Waals surface area contributed by atoms with Crippen LogP contribution < -0.4 is 5.73 Å². The summed E-state index contributed by atoms with van der Waals surface area (Å²) in [6.07, 6.45) is 0. The maximum atomic E-state index is 11.1. The van der Waals surface area contributed by atoms with Crippen LogP contribution in [0.3, 0.4) is 0 Å². The fourth-order valence-electron chi connectivity index (χ4n) is 0.991. The van der Waals surface area contributed by atoms with Gasteiger partial charge in [0.25, 0.3) is 5.69 Å². The highest BCUT2D eigenvalue weighted by Gasteiger charge is 2.15. The third kappa shape index (κ3) is 2.47. The van der Waals surface area contributed by atoms with Gasteiger partial charge in [-0.15, -0.1) is 0 Å². The molecule has 1 aromatic rings. The number of carbonyl (C=O) groups is 1. The van der Waals surface area contributed by atoms with Gasteiger partial charge >= 0.3 is 5.97 Å². The molecule has 0 saturated carbocycles. The Kier molecular flexibility index (Phi) is 3.29. The van der Waals surface area contributed by atoms with Gasteiger partial charge in [-0.2, -0.15) is 0 Å². The van der Waals surface area contributed by atoms with Gasteiger partial charge in [0.15, 0.2) is 5.69 Å². The van der Waals surface area contributed by atoms with E-state index < -0.39 is 10.9 Å². The number of methoxy groups -OCH3 is 1. The van der Waals surface area contributed by atoms with E-state index in [1.807, 2.05) is 0 Å². The highest BCUT2D eigenvalue weighted by atomic mass is 16.6. The Morgan fingerprint density at radius 3 is 2.80 bits per heavy atom. The maximum absolute atomic E-state index is 11.1. The van der Waals surface area contributed by atoms with E-state index in [0.717, 1.165) is 6.07 Å². The Bertz CT molecular complexity index is 405. The molecule has 0 unspecified atom stereocenters. The number of hydrogen-bond acceptors (Lipinski definition) is 6. The lowest BCUT2D eigenvalue weighted by atomic mass is 10.2. The molecular weight excluding hydrogens is 202 g/mol. The van der Waals surface area contributed by atoms with Gasteiger partial charge in [0.05, 0.1) is 17.7 Å². The van der Waals surface area contributed by atoms with E-state index in [4.69, 9.17) is 5.73 Å². The Morgan fingerprint density at radius 1 is 1.67 bits per heavy atom. The van der Waals surface area contributed by atoms with Crippen molar-refractivity contribution in [2.24, 2.45) is 5.73 Å². The second kappa shape index (κ2) is 4.47. The predicted molar refractivity (Wildman–Crippen MR) is 50.1 cm³/mol. The molecule has 7 nitrogen and oxygen atoms in total. The largest absolute Gasteiger partial charge is 0.464 e. The average molecular weight is 211 g/mol. The monoisotopic (exact) mass is 211 g/mol. The van der Waals surface area contributed by atoms with Crippen molar-refractivity contribution in [2.45, 2.75) is 6.54 Å². The van der Waals surface area contributed by atoms with E-state index in [1.54, 1.807) is 0 Å². The number of carbonyl (C=O) groups excluding carboxylic acids is 1. The molecule has 7 heteroatoms. The number of hydrogen-bond donors (Lipinski definition) is 1. The fraction of sp³-hybridized carbons (Fsp3) is 0.250. The number of ether oxygens (including phenoxy) is 1. The van der Waals surface area contributed by atoms with Crippen LogP contribution in [0.4, 0.5) is 5.69 Å². The highest BCUT2D eigenvalue weighted by molar-refractivity contribution is 5.87. The summed E-state index contributed by atoms with van der Waals surface area (Å²) in [5.41, 5.74) is 5.21. The van der Waals surface area contributed by atoms with Gasteiger partial charge < -0.3 is 10.5 Å². The molecule has 0 amide bonds. The molecule has 15 heavy (non-hydrogen) atoms. The maximum Gasteiger partial charge on any atom is 0.356 e. The summed E-state index contributed by atoms with van der Waals surface area (Å²) in [5, 5.41) is 10.5. The van der Waals surface area contributed by atoms with E-state index in [-0.39, 0.29) is 23.6 Å². The van der Waals surface area contributed by atoms with E-state index in [1.165, 1.54) is 13.2 Å². The van der Waals surface area contributed by atoms with Gasteiger partial charge in [0.1, 0.15) is 0 Å². The number of aromatic nitrogens is 1. The predicted octanol–water partition coefficient (Wildman–Crippen LogP) is 0.235. The van der Waals surface area contributed by atoms with Crippen molar-refractivity contribution in [3.63, 3.8) is 0 Å². The molecule has 0 bridgehead atoms. The molecule has 0 radical (unpaired) electrons. The van der Waals surface area contributed by atoms with Crippen LogP contribution in [-0.2, 0) is 11.3 Å². The number of nitro groups is 1. The lowest BCUT2D eigenvalue weighted by molar-refractivity contribution is -0.385. The molecule has 0 saturated heterocycles. The number of nitrogens with zero attached hydrogens (tertiary/aromatic N) is 2. The molecule has 0 aliphatic heterocycles. The minimum Gasteiger partial charge on any atom is -0.464 e. The van der Waals surface area contributed by atoms with Gasteiger partial charge in [-0.05, 0) is 0 Å². The molecule has 0 fully saturated rings. The summed E-state index contributed by atoms with van der Waals surface area (Å²) in [4.78, 5) is 24.8. The zero-order valence-corrected chi connectivity index (χ0v) is 7.97. The summed E-state index contributed by atoms with van der Waals surface area (Å²) < 4.78 is 4.41. The molecule has 0 aromatic carbocycles. The normalized spacial score (nSPS) is 9.73. The van der Waals surface area contributed by atoms with Gasteiger partial charge in [-0.3, -0.25) is 10.1 Å². The van der Waals surface area contributed by atoms with Gasteiger partial charge in [-0.25, -0.2) is 9.78 Å². The number of pyridine rings is 1. The van der Waals surface area contributed by atoms with E-state index in [9.17, 15) is 14.9 Å². The van der Waals surface area contributed by atoms with E-state index in [2.05, 4.69) is 9.72 Å². The lowest BCUT2D eigenvalue weighted by Crippen LogP contribution is -2.09.